The lowest BCUT2D eigenvalue weighted by Crippen LogP contribution is -2.06. The van der Waals surface area contributed by atoms with Crippen LogP contribution < -0.4 is 9.47 Å². The van der Waals surface area contributed by atoms with Crippen molar-refractivity contribution in [2.24, 2.45) is 0 Å². The molecule has 154 valence electrons. The first-order chi connectivity index (χ1) is 13.2. The fraction of sp³-hybridized carbons (Fsp3) is 0.696. The predicted octanol–water partition coefficient (Wildman–Crippen LogP) is 6.86. The highest BCUT2D eigenvalue weighted by molar-refractivity contribution is 5.91. The molecule has 0 radical (unpaired) electrons. The van der Waals surface area contributed by atoms with Crippen molar-refractivity contribution in [3.8, 4) is 11.5 Å². The van der Waals surface area contributed by atoms with Gasteiger partial charge in [0, 0.05) is 6.07 Å². The van der Waals surface area contributed by atoms with Crippen molar-refractivity contribution in [1.82, 2.24) is 0 Å². The highest BCUT2D eigenvalue weighted by atomic mass is 16.5. The van der Waals surface area contributed by atoms with Crippen LogP contribution in [0.5, 0.6) is 11.5 Å². The topological polar surface area (TPSA) is 55.8 Å². The molecule has 1 N–H and O–H groups in total. The molecule has 0 unspecified atom stereocenters. The van der Waals surface area contributed by atoms with Gasteiger partial charge in [-0.25, -0.2) is 4.79 Å². The van der Waals surface area contributed by atoms with E-state index in [9.17, 15) is 9.90 Å². The zero-order valence-electron chi connectivity index (χ0n) is 17.3. The van der Waals surface area contributed by atoms with Gasteiger partial charge in [-0.1, -0.05) is 78.1 Å². The van der Waals surface area contributed by atoms with Gasteiger partial charge in [-0.05, 0) is 25.0 Å². The third kappa shape index (κ3) is 10.9. The maximum absolute atomic E-state index is 11.4. The predicted molar refractivity (Wildman–Crippen MR) is 111 cm³/mol. The van der Waals surface area contributed by atoms with Gasteiger partial charge in [-0.2, -0.15) is 0 Å². The van der Waals surface area contributed by atoms with Crippen molar-refractivity contribution in [2.75, 3.05) is 13.2 Å². The molecule has 0 saturated heterocycles. The first-order valence-corrected chi connectivity index (χ1v) is 10.8. The van der Waals surface area contributed by atoms with Crippen LogP contribution in [-0.4, -0.2) is 24.3 Å². The highest BCUT2D eigenvalue weighted by Crippen LogP contribution is 2.26. The molecule has 1 aromatic carbocycles. The Labute approximate surface area is 165 Å². The lowest BCUT2D eigenvalue weighted by atomic mass is 10.1. The van der Waals surface area contributed by atoms with Crippen molar-refractivity contribution in [3.63, 3.8) is 0 Å². The second-order valence-electron chi connectivity index (χ2n) is 7.20. The highest BCUT2D eigenvalue weighted by Gasteiger charge is 2.12. The van der Waals surface area contributed by atoms with Gasteiger partial charge < -0.3 is 14.6 Å². The minimum absolute atomic E-state index is 0.202. The number of hydrogen-bond acceptors (Lipinski definition) is 3. The molecule has 0 aliphatic rings. The Morgan fingerprint density at radius 3 is 1.85 bits per heavy atom. The van der Waals surface area contributed by atoms with E-state index in [1.807, 2.05) is 0 Å². The molecule has 0 heterocycles. The van der Waals surface area contributed by atoms with Gasteiger partial charge in [-0.15, -0.1) is 0 Å². The van der Waals surface area contributed by atoms with Crippen LogP contribution in [0.25, 0.3) is 0 Å². The molecule has 0 saturated carbocycles. The Hall–Kier alpha value is -1.71. The van der Waals surface area contributed by atoms with Gasteiger partial charge in [0.1, 0.15) is 17.1 Å². The SMILES string of the molecule is CCCCCCCCOc1ccc(C(=O)O)c(OCCCCCCCC)c1. The number of hydrogen-bond donors (Lipinski definition) is 1. The van der Waals surface area contributed by atoms with E-state index in [0.717, 1.165) is 19.3 Å². The van der Waals surface area contributed by atoms with Crippen LogP contribution >= 0.6 is 0 Å². The average Bonchev–Trinajstić information content (AvgIpc) is 2.66. The summed E-state index contributed by atoms with van der Waals surface area (Å²) in [7, 11) is 0. The molecule has 0 fully saturated rings. The van der Waals surface area contributed by atoms with Crippen molar-refractivity contribution in [1.29, 1.82) is 0 Å². The molecule has 4 nitrogen and oxygen atoms in total. The van der Waals surface area contributed by atoms with E-state index in [1.54, 1.807) is 18.2 Å². The first kappa shape index (κ1) is 23.3. The fourth-order valence-corrected chi connectivity index (χ4v) is 3.03. The van der Waals surface area contributed by atoms with E-state index in [1.165, 1.54) is 57.8 Å². The second kappa shape index (κ2) is 15.4. The van der Waals surface area contributed by atoms with Gasteiger partial charge >= 0.3 is 5.97 Å². The third-order valence-corrected chi connectivity index (χ3v) is 4.71. The molecule has 0 atom stereocenters. The lowest BCUT2D eigenvalue weighted by molar-refractivity contribution is 0.0692. The molecular formula is C23H38O4. The van der Waals surface area contributed by atoms with Crippen molar-refractivity contribution >= 4 is 5.97 Å². The summed E-state index contributed by atoms with van der Waals surface area (Å²) in [6, 6.07) is 5.02. The van der Waals surface area contributed by atoms with Crippen LogP contribution in [0.1, 0.15) is 101 Å². The second-order valence-corrected chi connectivity index (χ2v) is 7.20. The Morgan fingerprint density at radius 1 is 0.778 bits per heavy atom. The average molecular weight is 379 g/mol. The Balaban J connectivity index is 2.38. The number of ether oxygens (including phenoxy) is 2. The molecule has 0 bridgehead atoms. The number of aromatic carboxylic acids is 1. The van der Waals surface area contributed by atoms with Crippen molar-refractivity contribution in [3.05, 3.63) is 23.8 Å². The summed E-state index contributed by atoms with van der Waals surface area (Å²) in [5, 5.41) is 9.35. The Kier molecular flexibility index (Phi) is 13.3. The van der Waals surface area contributed by atoms with E-state index < -0.39 is 5.97 Å². The summed E-state index contributed by atoms with van der Waals surface area (Å²) in [5.41, 5.74) is 0.202. The smallest absolute Gasteiger partial charge is 0.339 e. The van der Waals surface area contributed by atoms with Gasteiger partial charge in [0.05, 0.1) is 13.2 Å². The molecule has 0 aliphatic heterocycles. The lowest BCUT2D eigenvalue weighted by Gasteiger charge is -2.12. The number of carbonyl (C=O) groups is 1. The van der Waals surface area contributed by atoms with Crippen LogP contribution in [-0.2, 0) is 0 Å². The largest absolute Gasteiger partial charge is 0.493 e. The molecule has 1 rings (SSSR count). The van der Waals surface area contributed by atoms with Crippen LogP contribution in [0, 0.1) is 0 Å². The van der Waals surface area contributed by atoms with Crippen LogP contribution in [0.2, 0.25) is 0 Å². The van der Waals surface area contributed by atoms with Crippen LogP contribution in [0.3, 0.4) is 0 Å². The maximum Gasteiger partial charge on any atom is 0.339 e. The number of benzene rings is 1. The fourth-order valence-electron chi connectivity index (χ4n) is 3.03. The quantitative estimate of drug-likeness (QED) is 0.301. The minimum atomic E-state index is -0.963. The summed E-state index contributed by atoms with van der Waals surface area (Å²) >= 11 is 0. The monoisotopic (exact) mass is 378 g/mol. The standard InChI is InChI=1S/C23H38O4/c1-3-5-7-9-11-13-17-26-20-15-16-21(23(24)25)22(19-20)27-18-14-12-10-8-6-4-2/h15-16,19H,3-14,17-18H2,1-2H3,(H,24,25). The summed E-state index contributed by atoms with van der Waals surface area (Å²) < 4.78 is 11.5. The van der Waals surface area contributed by atoms with Crippen LogP contribution in [0.4, 0.5) is 0 Å². The molecule has 0 spiro atoms. The van der Waals surface area contributed by atoms with E-state index in [-0.39, 0.29) is 5.56 Å². The molecule has 0 aliphatic carbocycles. The third-order valence-electron chi connectivity index (χ3n) is 4.71. The number of carboxylic acids is 1. The van der Waals surface area contributed by atoms with Crippen LogP contribution in [0.15, 0.2) is 18.2 Å². The van der Waals surface area contributed by atoms with Gasteiger partial charge in [0.15, 0.2) is 0 Å². The van der Waals surface area contributed by atoms with Crippen molar-refractivity contribution in [2.45, 2.75) is 90.9 Å². The molecule has 0 amide bonds. The van der Waals surface area contributed by atoms with E-state index in [2.05, 4.69) is 13.8 Å². The number of rotatable bonds is 17. The minimum Gasteiger partial charge on any atom is -0.493 e. The summed E-state index contributed by atoms with van der Waals surface area (Å²) in [5.74, 6) is 0.137. The van der Waals surface area contributed by atoms with E-state index in [0.29, 0.717) is 24.7 Å². The summed E-state index contributed by atoms with van der Waals surface area (Å²) in [6.45, 7) is 5.64. The van der Waals surface area contributed by atoms with E-state index in [4.69, 9.17) is 9.47 Å². The molecule has 27 heavy (non-hydrogen) atoms. The van der Waals surface area contributed by atoms with Gasteiger partial charge in [0.2, 0.25) is 0 Å². The number of unbranched alkanes of at least 4 members (excludes halogenated alkanes) is 10. The molecule has 4 heteroatoms. The zero-order chi connectivity index (χ0) is 19.7. The molecule has 0 aromatic heterocycles. The number of carboxylic acid groups (broad SMARTS) is 1. The normalized spacial score (nSPS) is 10.7. The first-order valence-electron chi connectivity index (χ1n) is 10.8. The van der Waals surface area contributed by atoms with E-state index >= 15 is 0 Å². The maximum atomic E-state index is 11.4. The summed E-state index contributed by atoms with van der Waals surface area (Å²) in [4.78, 5) is 11.4. The summed E-state index contributed by atoms with van der Waals surface area (Å²) in [6.07, 6.45) is 14.4. The Morgan fingerprint density at radius 2 is 1.30 bits per heavy atom. The zero-order valence-corrected chi connectivity index (χ0v) is 17.3. The molecular weight excluding hydrogens is 340 g/mol. The molecule has 1 aromatic rings. The van der Waals surface area contributed by atoms with Crippen molar-refractivity contribution < 1.29 is 19.4 Å². The van der Waals surface area contributed by atoms with Gasteiger partial charge in [-0.3, -0.25) is 0 Å². The van der Waals surface area contributed by atoms with Gasteiger partial charge in [0.25, 0.3) is 0 Å². The Bertz CT molecular complexity index is 513.